The van der Waals surface area contributed by atoms with Gasteiger partial charge in [-0.05, 0) is 6.92 Å². The third-order valence-electron chi connectivity index (χ3n) is 1.81. The van der Waals surface area contributed by atoms with Gasteiger partial charge in [0.1, 0.15) is 17.2 Å². The van der Waals surface area contributed by atoms with Gasteiger partial charge in [-0.3, -0.25) is 15.1 Å². The summed E-state index contributed by atoms with van der Waals surface area (Å²) in [6.07, 6.45) is -2.11. The molecule has 78 valence electrons. The smallest absolute Gasteiger partial charge is 0.259 e. The first kappa shape index (κ1) is 11.0. The lowest BCUT2D eigenvalue weighted by Gasteiger charge is -2.05. The van der Waals surface area contributed by atoms with Crippen LogP contribution < -0.4 is 0 Å². The number of aryl methyl sites for hydroxylation is 1. The van der Waals surface area contributed by atoms with Gasteiger partial charge in [-0.2, -0.15) is 5.26 Å². The molecule has 0 amide bonds. The van der Waals surface area contributed by atoms with Crippen LogP contribution in [0.4, 0.5) is 14.5 Å². The van der Waals surface area contributed by atoms with Gasteiger partial charge in [0.15, 0.2) is 0 Å². The monoisotopic (exact) mass is 213 g/mol. The van der Waals surface area contributed by atoms with E-state index < -0.39 is 28.2 Å². The Bertz CT molecular complexity index is 454. The van der Waals surface area contributed by atoms with E-state index >= 15 is 0 Å². The quantitative estimate of drug-likeness (QED) is 0.556. The van der Waals surface area contributed by atoms with Crippen LogP contribution in [0.15, 0.2) is 6.20 Å². The first-order chi connectivity index (χ1) is 6.99. The summed E-state index contributed by atoms with van der Waals surface area (Å²) in [5.74, 6) is 0. The molecule has 0 aliphatic carbocycles. The average molecular weight is 213 g/mol. The van der Waals surface area contributed by atoms with Gasteiger partial charge in [-0.15, -0.1) is 0 Å². The Balaban J connectivity index is 3.60. The molecule has 0 radical (unpaired) electrons. The highest BCUT2D eigenvalue weighted by atomic mass is 19.3. The van der Waals surface area contributed by atoms with Gasteiger partial charge >= 0.3 is 0 Å². The molecule has 0 bridgehead atoms. The minimum absolute atomic E-state index is 0.143. The van der Waals surface area contributed by atoms with E-state index in [0.717, 1.165) is 6.20 Å². The topological polar surface area (TPSA) is 79.8 Å². The average Bonchev–Trinajstić information content (AvgIpc) is 2.16. The second kappa shape index (κ2) is 3.96. The van der Waals surface area contributed by atoms with Crippen molar-refractivity contribution in [3.05, 3.63) is 33.1 Å². The fourth-order valence-electron chi connectivity index (χ4n) is 1.15. The number of hydrogen-bond acceptors (Lipinski definition) is 4. The molecule has 0 spiro atoms. The Hall–Kier alpha value is -2.10. The number of rotatable bonds is 2. The molecule has 0 aliphatic rings. The molecule has 15 heavy (non-hydrogen) atoms. The summed E-state index contributed by atoms with van der Waals surface area (Å²) >= 11 is 0. The van der Waals surface area contributed by atoms with Crippen molar-refractivity contribution in [1.29, 1.82) is 5.26 Å². The number of nitriles is 1. The fraction of sp³-hybridized carbons (Fsp3) is 0.250. The molecule has 0 unspecified atom stereocenters. The number of halogens is 2. The molecule has 1 heterocycles. The molecule has 7 heteroatoms. The Morgan fingerprint density at radius 1 is 1.67 bits per heavy atom. The summed E-state index contributed by atoms with van der Waals surface area (Å²) in [6.45, 7) is 1.23. The van der Waals surface area contributed by atoms with Crippen molar-refractivity contribution < 1.29 is 13.7 Å². The normalized spacial score (nSPS) is 10.1. The Labute approximate surface area is 83.1 Å². The van der Waals surface area contributed by atoms with Gasteiger partial charge in [0, 0.05) is 0 Å². The summed E-state index contributed by atoms with van der Waals surface area (Å²) in [4.78, 5) is 13.1. The largest absolute Gasteiger partial charge is 0.299 e. The van der Waals surface area contributed by atoms with Crippen molar-refractivity contribution in [1.82, 2.24) is 4.98 Å². The molecular formula is C8H5F2N3O2. The van der Waals surface area contributed by atoms with E-state index in [-0.39, 0.29) is 5.69 Å². The highest BCUT2D eigenvalue weighted by Crippen LogP contribution is 2.32. The van der Waals surface area contributed by atoms with Crippen LogP contribution in [0, 0.1) is 28.4 Å². The van der Waals surface area contributed by atoms with Crippen LogP contribution in [0.5, 0.6) is 0 Å². The van der Waals surface area contributed by atoms with Crippen LogP contribution in [-0.2, 0) is 0 Å². The zero-order chi connectivity index (χ0) is 11.6. The molecule has 0 saturated carbocycles. The zero-order valence-electron chi connectivity index (χ0n) is 7.57. The van der Waals surface area contributed by atoms with E-state index in [1.54, 1.807) is 0 Å². The van der Waals surface area contributed by atoms with Crippen LogP contribution in [0.2, 0.25) is 0 Å². The van der Waals surface area contributed by atoms with E-state index in [1.165, 1.54) is 13.0 Å². The van der Waals surface area contributed by atoms with Crippen LogP contribution in [-0.4, -0.2) is 9.91 Å². The predicted octanol–water partition coefficient (Wildman–Crippen LogP) is 2.11. The molecule has 1 aromatic rings. The van der Waals surface area contributed by atoms with Crippen molar-refractivity contribution in [2.24, 2.45) is 0 Å². The minimum atomic E-state index is -3.02. The lowest BCUT2D eigenvalue weighted by molar-refractivity contribution is -0.386. The van der Waals surface area contributed by atoms with Gasteiger partial charge in [0.2, 0.25) is 0 Å². The third-order valence-corrected chi connectivity index (χ3v) is 1.81. The minimum Gasteiger partial charge on any atom is -0.259 e. The Kier molecular flexibility index (Phi) is 2.90. The summed E-state index contributed by atoms with van der Waals surface area (Å²) in [5.41, 5.74) is -2.25. The first-order valence-electron chi connectivity index (χ1n) is 3.81. The number of hydrogen-bond donors (Lipinski definition) is 0. The van der Waals surface area contributed by atoms with E-state index in [2.05, 4.69) is 4.98 Å². The number of aromatic nitrogens is 1. The third kappa shape index (κ3) is 1.88. The van der Waals surface area contributed by atoms with Crippen molar-refractivity contribution >= 4 is 5.69 Å². The molecule has 5 nitrogen and oxygen atoms in total. The number of pyridine rings is 1. The second-order valence-electron chi connectivity index (χ2n) is 2.69. The van der Waals surface area contributed by atoms with E-state index in [1.807, 2.05) is 0 Å². The summed E-state index contributed by atoms with van der Waals surface area (Å²) < 4.78 is 25.0. The summed E-state index contributed by atoms with van der Waals surface area (Å²) in [7, 11) is 0. The van der Waals surface area contributed by atoms with E-state index in [9.17, 15) is 18.9 Å². The van der Waals surface area contributed by atoms with Crippen LogP contribution >= 0.6 is 0 Å². The molecule has 1 aromatic heterocycles. The predicted molar refractivity (Wildman–Crippen MR) is 45.3 cm³/mol. The second-order valence-corrected chi connectivity index (χ2v) is 2.69. The highest BCUT2D eigenvalue weighted by Gasteiger charge is 2.28. The van der Waals surface area contributed by atoms with Gasteiger partial charge in [0.25, 0.3) is 12.1 Å². The molecule has 0 atom stereocenters. The number of nitro groups is 1. The standard InChI is InChI=1S/C8H5F2N3O2/c1-4-6(8(9)10)7(13(14)15)5(2-11)3-12-4/h3,8H,1H3. The lowest BCUT2D eigenvalue weighted by Crippen LogP contribution is -2.03. The number of alkyl halides is 2. The Morgan fingerprint density at radius 3 is 2.67 bits per heavy atom. The van der Waals surface area contributed by atoms with Crippen molar-refractivity contribution in [3.8, 4) is 6.07 Å². The molecular weight excluding hydrogens is 208 g/mol. The summed E-state index contributed by atoms with van der Waals surface area (Å²) in [6, 6.07) is 1.46. The maximum absolute atomic E-state index is 12.5. The maximum Gasteiger partial charge on any atom is 0.299 e. The molecule has 0 saturated heterocycles. The van der Waals surface area contributed by atoms with E-state index in [4.69, 9.17) is 5.26 Å². The molecule has 0 fully saturated rings. The van der Waals surface area contributed by atoms with Gasteiger partial charge in [0.05, 0.1) is 16.8 Å². The maximum atomic E-state index is 12.5. The summed E-state index contributed by atoms with van der Waals surface area (Å²) in [5, 5.41) is 19.1. The van der Waals surface area contributed by atoms with Crippen molar-refractivity contribution in [3.63, 3.8) is 0 Å². The molecule has 0 N–H and O–H groups in total. The highest BCUT2D eigenvalue weighted by molar-refractivity contribution is 5.54. The van der Waals surface area contributed by atoms with Crippen LogP contribution in [0.3, 0.4) is 0 Å². The Morgan fingerprint density at radius 2 is 2.27 bits per heavy atom. The molecule has 0 aliphatic heterocycles. The SMILES string of the molecule is Cc1ncc(C#N)c([N+](=O)[O-])c1C(F)F. The first-order valence-corrected chi connectivity index (χ1v) is 3.81. The van der Waals surface area contributed by atoms with Crippen molar-refractivity contribution in [2.45, 2.75) is 13.3 Å². The van der Waals surface area contributed by atoms with Crippen molar-refractivity contribution in [2.75, 3.05) is 0 Å². The lowest BCUT2D eigenvalue weighted by atomic mass is 10.1. The van der Waals surface area contributed by atoms with Gasteiger partial charge in [-0.1, -0.05) is 0 Å². The van der Waals surface area contributed by atoms with Gasteiger partial charge < -0.3 is 0 Å². The molecule has 1 rings (SSSR count). The zero-order valence-corrected chi connectivity index (χ0v) is 7.57. The van der Waals surface area contributed by atoms with Gasteiger partial charge in [-0.25, -0.2) is 8.78 Å². The fourth-order valence-corrected chi connectivity index (χ4v) is 1.15. The number of nitrogens with zero attached hydrogens (tertiary/aromatic N) is 3. The van der Waals surface area contributed by atoms with Crippen LogP contribution in [0.1, 0.15) is 23.2 Å². The van der Waals surface area contributed by atoms with E-state index in [0.29, 0.717) is 0 Å². The van der Waals surface area contributed by atoms with Crippen LogP contribution in [0.25, 0.3) is 0 Å². The molecule has 0 aromatic carbocycles.